The summed E-state index contributed by atoms with van der Waals surface area (Å²) in [5.41, 5.74) is 9.25. The molecule has 4 aromatic heterocycles. The van der Waals surface area contributed by atoms with Gasteiger partial charge in [0.15, 0.2) is 6.20 Å². The molecule has 0 atom stereocenters. The van der Waals surface area contributed by atoms with Gasteiger partial charge >= 0.3 is 0 Å². The van der Waals surface area contributed by atoms with Gasteiger partial charge in [0.05, 0.1) is 16.6 Å². The lowest BCUT2D eigenvalue weighted by Gasteiger charge is -2.12. The van der Waals surface area contributed by atoms with Gasteiger partial charge in [0.25, 0.3) is 0 Å². The number of fused-ring (bicyclic) bond motifs is 4. The summed E-state index contributed by atoms with van der Waals surface area (Å²) in [6.07, 6.45) is 4.00. The minimum absolute atomic E-state index is 0.846. The molecule has 0 fully saturated rings. The highest BCUT2D eigenvalue weighted by Crippen LogP contribution is 2.42. The number of hydrogen-bond acceptors (Lipinski definition) is 3. The molecule has 2 aromatic carbocycles. The van der Waals surface area contributed by atoms with Crippen LogP contribution in [0, 0.1) is 13.8 Å². The van der Waals surface area contributed by atoms with Gasteiger partial charge in [-0.1, -0.05) is 12.1 Å². The summed E-state index contributed by atoms with van der Waals surface area (Å²) in [5.74, 6) is 0.931. The van der Waals surface area contributed by atoms with Gasteiger partial charge in [-0.25, -0.2) is 9.55 Å². The molecular formula is C27H23N4O+. The highest BCUT2D eigenvalue weighted by atomic mass is 16.3. The summed E-state index contributed by atoms with van der Waals surface area (Å²) in [6, 6.07) is 18.7. The minimum Gasteiger partial charge on any atom is -0.456 e. The van der Waals surface area contributed by atoms with Crippen molar-refractivity contribution < 1.29 is 8.98 Å². The molecule has 0 amide bonds. The second-order valence-electron chi connectivity index (χ2n) is 8.40. The molecule has 32 heavy (non-hydrogen) atoms. The molecule has 6 rings (SSSR count). The molecule has 5 nitrogen and oxygen atoms in total. The second-order valence-corrected chi connectivity index (χ2v) is 8.40. The van der Waals surface area contributed by atoms with E-state index in [1.54, 1.807) is 0 Å². The topological polar surface area (TPSA) is 47.7 Å². The lowest BCUT2D eigenvalue weighted by Crippen LogP contribution is -2.30. The van der Waals surface area contributed by atoms with Crippen molar-refractivity contribution >= 4 is 33.0 Å². The van der Waals surface area contributed by atoms with Gasteiger partial charge in [0, 0.05) is 53.5 Å². The number of para-hydroxylation sites is 2. The van der Waals surface area contributed by atoms with Crippen LogP contribution in [-0.4, -0.2) is 14.5 Å². The van der Waals surface area contributed by atoms with Crippen LogP contribution < -0.4 is 4.57 Å². The van der Waals surface area contributed by atoms with E-state index < -0.39 is 0 Å². The van der Waals surface area contributed by atoms with E-state index in [9.17, 15) is 0 Å². The van der Waals surface area contributed by atoms with Crippen LogP contribution in [0.5, 0.6) is 0 Å². The molecule has 0 N–H and O–H groups in total. The zero-order chi connectivity index (χ0) is 22.0. The van der Waals surface area contributed by atoms with Crippen LogP contribution >= 0.6 is 0 Å². The zero-order valence-electron chi connectivity index (χ0n) is 18.5. The van der Waals surface area contributed by atoms with Gasteiger partial charge < -0.3 is 8.98 Å². The number of nitrogens with zero attached hydrogens (tertiary/aromatic N) is 4. The molecule has 4 heterocycles. The third-order valence-corrected chi connectivity index (χ3v) is 6.38. The number of aryl methyl sites for hydroxylation is 3. The predicted octanol–water partition coefficient (Wildman–Crippen LogP) is 5.64. The Morgan fingerprint density at radius 1 is 0.969 bits per heavy atom. The number of imidazole rings is 1. The molecule has 0 radical (unpaired) electrons. The molecule has 0 bridgehead atoms. The quantitative estimate of drug-likeness (QED) is 0.341. The fraction of sp³-hybridized carbons (Fsp3) is 0.148. The SMILES string of the molecule is Cc1cc2oc3cc(-c4nc5ccccc5n4C)c(C)c(-c4cccc[n+]4C)c3c2cn1. The summed E-state index contributed by atoms with van der Waals surface area (Å²) in [6.45, 7) is 4.16. The Balaban J connectivity index is 1.78. The van der Waals surface area contributed by atoms with E-state index in [0.29, 0.717) is 0 Å². The van der Waals surface area contributed by atoms with Crippen molar-refractivity contribution in [2.45, 2.75) is 13.8 Å². The molecule has 0 aliphatic carbocycles. The van der Waals surface area contributed by atoms with Gasteiger partial charge in [0.1, 0.15) is 24.0 Å². The number of benzene rings is 2. The number of hydrogen-bond donors (Lipinski definition) is 0. The maximum absolute atomic E-state index is 6.38. The summed E-state index contributed by atoms with van der Waals surface area (Å²) in [4.78, 5) is 9.53. The monoisotopic (exact) mass is 419 g/mol. The number of rotatable bonds is 2. The normalized spacial score (nSPS) is 11.8. The highest BCUT2D eigenvalue weighted by molar-refractivity contribution is 6.14. The average Bonchev–Trinajstić information content (AvgIpc) is 3.31. The third kappa shape index (κ3) is 2.61. The van der Waals surface area contributed by atoms with Crippen molar-refractivity contribution in [3.8, 4) is 22.6 Å². The summed E-state index contributed by atoms with van der Waals surface area (Å²) in [5, 5.41) is 2.12. The summed E-state index contributed by atoms with van der Waals surface area (Å²) < 4.78 is 10.7. The van der Waals surface area contributed by atoms with Crippen molar-refractivity contribution in [2.75, 3.05) is 0 Å². The fourth-order valence-electron chi connectivity index (χ4n) is 4.75. The Bertz CT molecular complexity index is 1670. The molecule has 5 heteroatoms. The van der Waals surface area contributed by atoms with Crippen LogP contribution in [0.2, 0.25) is 0 Å². The van der Waals surface area contributed by atoms with Crippen molar-refractivity contribution in [3.05, 3.63) is 78.2 Å². The minimum atomic E-state index is 0.846. The van der Waals surface area contributed by atoms with Gasteiger partial charge in [0.2, 0.25) is 5.69 Å². The lowest BCUT2D eigenvalue weighted by atomic mass is 9.94. The van der Waals surface area contributed by atoms with Crippen LogP contribution in [0.15, 0.2) is 71.4 Å². The molecule has 6 aromatic rings. The first-order valence-electron chi connectivity index (χ1n) is 10.7. The Labute approximate surface area is 185 Å². The Hall–Kier alpha value is -3.99. The first kappa shape index (κ1) is 18.8. The molecule has 0 aliphatic rings. The molecule has 0 unspecified atom stereocenters. The lowest BCUT2D eigenvalue weighted by molar-refractivity contribution is -0.660. The third-order valence-electron chi connectivity index (χ3n) is 6.38. The fourth-order valence-corrected chi connectivity index (χ4v) is 4.75. The molecular weight excluding hydrogens is 396 g/mol. The van der Waals surface area contributed by atoms with E-state index in [-0.39, 0.29) is 0 Å². The highest BCUT2D eigenvalue weighted by Gasteiger charge is 2.25. The maximum atomic E-state index is 6.38. The van der Waals surface area contributed by atoms with E-state index in [4.69, 9.17) is 9.40 Å². The molecule has 0 aliphatic heterocycles. The van der Waals surface area contributed by atoms with Gasteiger partial charge in [-0.15, -0.1) is 0 Å². The largest absolute Gasteiger partial charge is 0.456 e. The van der Waals surface area contributed by atoms with Crippen LogP contribution in [0.25, 0.3) is 55.6 Å². The first-order valence-corrected chi connectivity index (χ1v) is 10.7. The molecule has 0 saturated carbocycles. The number of furan rings is 1. The van der Waals surface area contributed by atoms with Crippen molar-refractivity contribution in [2.24, 2.45) is 14.1 Å². The number of pyridine rings is 2. The predicted molar refractivity (Wildman–Crippen MR) is 127 cm³/mol. The molecule has 0 saturated heterocycles. The summed E-state index contributed by atoms with van der Waals surface area (Å²) >= 11 is 0. The van der Waals surface area contributed by atoms with E-state index in [1.807, 2.05) is 37.4 Å². The van der Waals surface area contributed by atoms with Gasteiger partial charge in [-0.3, -0.25) is 4.98 Å². The number of aromatic nitrogens is 4. The Kier molecular flexibility index (Phi) is 3.96. The van der Waals surface area contributed by atoms with E-state index >= 15 is 0 Å². The maximum Gasteiger partial charge on any atom is 0.213 e. The Morgan fingerprint density at radius 2 is 1.78 bits per heavy atom. The van der Waals surface area contributed by atoms with E-state index in [1.165, 1.54) is 5.56 Å². The Morgan fingerprint density at radius 3 is 2.59 bits per heavy atom. The molecule has 0 spiro atoms. The van der Waals surface area contributed by atoms with Crippen LogP contribution in [0.4, 0.5) is 0 Å². The van der Waals surface area contributed by atoms with Crippen LogP contribution in [-0.2, 0) is 14.1 Å². The standard InChI is InChI=1S/C27H23N4O/c1-16-13-23-19(15-28-16)26-24(32-23)14-18(17(2)25(26)22-11-7-8-12-30(22)3)27-29-20-9-5-6-10-21(20)31(27)4/h5-15H,1-4H3/q+1. The van der Waals surface area contributed by atoms with Crippen molar-refractivity contribution in [1.82, 2.24) is 14.5 Å². The van der Waals surface area contributed by atoms with Crippen molar-refractivity contribution in [3.63, 3.8) is 0 Å². The summed E-state index contributed by atoms with van der Waals surface area (Å²) in [7, 11) is 4.15. The van der Waals surface area contributed by atoms with E-state index in [2.05, 4.69) is 71.7 Å². The van der Waals surface area contributed by atoms with Gasteiger partial charge in [-0.05, 0) is 43.7 Å². The first-order chi connectivity index (χ1) is 15.5. The van der Waals surface area contributed by atoms with E-state index in [0.717, 1.165) is 61.3 Å². The average molecular weight is 420 g/mol. The van der Waals surface area contributed by atoms with Crippen molar-refractivity contribution in [1.29, 1.82) is 0 Å². The van der Waals surface area contributed by atoms with Gasteiger partial charge in [-0.2, -0.15) is 0 Å². The van der Waals surface area contributed by atoms with Crippen LogP contribution in [0.1, 0.15) is 11.3 Å². The van der Waals surface area contributed by atoms with Crippen LogP contribution in [0.3, 0.4) is 0 Å². The smallest absolute Gasteiger partial charge is 0.213 e. The second kappa shape index (κ2) is 6.76. The molecule has 156 valence electrons. The zero-order valence-corrected chi connectivity index (χ0v) is 18.5.